The normalized spacial score (nSPS) is 21.6. The van der Waals surface area contributed by atoms with Crippen LogP contribution in [0.3, 0.4) is 0 Å². The van der Waals surface area contributed by atoms with Gasteiger partial charge in [-0.3, -0.25) is 9.69 Å². The second-order valence-corrected chi connectivity index (χ2v) is 7.72. The number of rotatable bonds is 3. The minimum Gasteiger partial charge on any atom is -0.337 e. The highest BCUT2D eigenvalue weighted by Crippen LogP contribution is 2.42. The van der Waals surface area contributed by atoms with Crippen molar-refractivity contribution in [1.82, 2.24) is 20.4 Å². The smallest absolute Gasteiger partial charge is 0.325 e. The van der Waals surface area contributed by atoms with Crippen molar-refractivity contribution in [2.24, 2.45) is 0 Å². The zero-order valence-electron chi connectivity index (χ0n) is 14.3. The van der Waals surface area contributed by atoms with Gasteiger partial charge in [0.15, 0.2) is 0 Å². The molecule has 0 unspecified atom stereocenters. The quantitative estimate of drug-likeness (QED) is 0.706. The number of thiophene rings is 1. The number of nitrogens with one attached hydrogen (secondary N) is 1. The number of aromatic nitrogens is 2. The maximum Gasteiger partial charge on any atom is 0.325 e. The van der Waals surface area contributed by atoms with Gasteiger partial charge in [0, 0.05) is 16.0 Å². The summed E-state index contributed by atoms with van der Waals surface area (Å²) in [5, 5.41) is 8.86. The van der Waals surface area contributed by atoms with Crippen LogP contribution >= 0.6 is 11.3 Å². The number of nitrogens with zero attached hydrogens (tertiary/aromatic N) is 3. The predicted molar refractivity (Wildman–Crippen MR) is 97.8 cm³/mol. The summed E-state index contributed by atoms with van der Waals surface area (Å²) in [6, 6.07) is 10.9. The molecule has 1 spiro atoms. The summed E-state index contributed by atoms with van der Waals surface area (Å²) < 4.78 is 5.27. The van der Waals surface area contributed by atoms with Crippen LogP contribution in [0.5, 0.6) is 0 Å². The van der Waals surface area contributed by atoms with E-state index >= 15 is 0 Å². The number of carbonyl (C=O) groups is 2. The van der Waals surface area contributed by atoms with Crippen molar-refractivity contribution in [1.29, 1.82) is 0 Å². The van der Waals surface area contributed by atoms with Gasteiger partial charge in [0.05, 0.1) is 0 Å². The van der Waals surface area contributed by atoms with Crippen LogP contribution in [0.1, 0.15) is 29.2 Å². The van der Waals surface area contributed by atoms with Crippen LogP contribution in [0.2, 0.25) is 0 Å². The summed E-state index contributed by atoms with van der Waals surface area (Å²) in [5.41, 5.74) is 0.791. The van der Waals surface area contributed by atoms with Crippen molar-refractivity contribution in [3.05, 3.63) is 58.1 Å². The number of benzene rings is 1. The number of fused-ring (bicyclic) bond motifs is 2. The van der Waals surface area contributed by atoms with Crippen LogP contribution in [-0.4, -0.2) is 27.0 Å². The number of imide groups is 1. The molecule has 0 radical (unpaired) electrons. The summed E-state index contributed by atoms with van der Waals surface area (Å²) in [5.74, 6) is 0.423. The van der Waals surface area contributed by atoms with Gasteiger partial charge < -0.3 is 9.84 Å². The number of hydrogen-bond acceptors (Lipinski definition) is 6. The Morgan fingerprint density at radius 1 is 1.22 bits per heavy atom. The predicted octanol–water partition coefficient (Wildman–Crippen LogP) is 3.08. The molecule has 3 heterocycles. The van der Waals surface area contributed by atoms with E-state index in [4.69, 9.17) is 4.52 Å². The Balaban J connectivity index is 1.42. The van der Waals surface area contributed by atoms with Gasteiger partial charge >= 0.3 is 6.03 Å². The maximum atomic E-state index is 13.2. The van der Waals surface area contributed by atoms with Crippen LogP contribution < -0.4 is 5.32 Å². The molecule has 8 heteroatoms. The SMILES string of the molecule is O=C1N[C@@]2(CCCc3sccc32)C(=O)N1Cc1nc(-c2ccccc2)no1. The monoisotopic (exact) mass is 380 g/mol. The lowest BCUT2D eigenvalue weighted by atomic mass is 9.80. The molecule has 1 N–H and O–H groups in total. The van der Waals surface area contributed by atoms with Crippen LogP contribution in [0.4, 0.5) is 4.79 Å². The fraction of sp³-hybridized carbons (Fsp3) is 0.263. The van der Waals surface area contributed by atoms with E-state index in [9.17, 15) is 9.59 Å². The molecule has 0 saturated carbocycles. The second-order valence-electron chi connectivity index (χ2n) is 6.72. The highest BCUT2D eigenvalue weighted by Gasteiger charge is 2.54. The van der Waals surface area contributed by atoms with Gasteiger partial charge in [-0.1, -0.05) is 35.5 Å². The molecule has 1 aliphatic carbocycles. The molecule has 1 saturated heterocycles. The summed E-state index contributed by atoms with van der Waals surface area (Å²) >= 11 is 1.63. The Hall–Kier alpha value is -3.00. The van der Waals surface area contributed by atoms with E-state index in [0.717, 1.165) is 24.0 Å². The zero-order valence-corrected chi connectivity index (χ0v) is 15.2. The Morgan fingerprint density at radius 3 is 2.93 bits per heavy atom. The molecule has 5 rings (SSSR count). The van der Waals surface area contributed by atoms with Crippen molar-refractivity contribution in [2.75, 3.05) is 0 Å². The van der Waals surface area contributed by atoms with Crippen molar-refractivity contribution < 1.29 is 14.1 Å². The van der Waals surface area contributed by atoms with Gasteiger partial charge in [-0.05, 0) is 30.7 Å². The Kier molecular flexibility index (Phi) is 3.61. The van der Waals surface area contributed by atoms with E-state index in [-0.39, 0.29) is 18.3 Å². The van der Waals surface area contributed by atoms with Crippen molar-refractivity contribution in [3.8, 4) is 11.4 Å². The molecule has 27 heavy (non-hydrogen) atoms. The third-order valence-corrected chi connectivity index (χ3v) is 6.11. The van der Waals surface area contributed by atoms with E-state index in [1.807, 2.05) is 41.8 Å². The molecule has 1 fully saturated rings. The van der Waals surface area contributed by atoms with E-state index in [2.05, 4.69) is 15.5 Å². The summed E-state index contributed by atoms with van der Waals surface area (Å²) in [6.45, 7) is -0.0360. The topological polar surface area (TPSA) is 88.3 Å². The average Bonchev–Trinajstić information content (AvgIpc) is 3.40. The molecule has 7 nitrogen and oxygen atoms in total. The Labute approximate surface area is 159 Å². The Morgan fingerprint density at radius 2 is 2.07 bits per heavy atom. The van der Waals surface area contributed by atoms with Gasteiger partial charge in [0.25, 0.3) is 5.91 Å². The fourth-order valence-corrected chi connectivity index (χ4v) is 4.84. The average molecular weight is 380 g/mol. The zero-order chi connectivity index (χ0) is 18.4. The first-order chi connectivity index (χ1) is 13.2. The van der Waals surface area contributed by atoms with Gasteiger partial charge in [-0.25, -0.2) is 4.79 Å². The minimum absolute atomic E-state index is 0.0360. The van der Waals surface area contributed by atoms with Crippen molar-refractivity contribution >= 4 is 23.3 Å². The number of urea groups is 1. The Bertz CT molecular complexity index is 1030. The van der Waals surface area contributed by atoms with Crippen LogP contribution in [0.15, 0.2) is 46.3 Å². The number of aryl methyl sites for hydroxylation is 1. The highest BCUT2D eigenvalue weighted by molar-refractivity contribution is 7.10. The summed E-state index contributed by atoms with van der Waals surface area (Å²) in [6.07, 6.45) is 2.42. The molecular weight excluding hydrogens is 364 g/mol. The van der Waals surface area contributed by atoms with Crippen LogP contribution in [0, 0.1) is 0 Å². The molecule has 1 atom stereocenters. The first kappa shape index (κ1) is 16.2. The maximum absolute atomic E-state index is 13.2. The lowest BCUT2D eigenvalue weighted by molar-refractivity contribution is -0.132. The molecule has 1 aromatic carbocycles. The molecule has 2 aromatic heterocycles. The number of hydrogen-bond donors (Lipinski definition) is 1. The van der Waals surface area contributed by atoms with E-state index in [1.54, 1.807) is 11.3 Å². The van der Waals surface area contributed by atoms with Gasteiger partial charge in [-0.2, -0.15) is 4.98 Å². The standard InChI is InChI=1S/C19H16N4O3S/c24-17-19(9-4-7-14-13(19)8-10-27-14)21-18(25)23(17)11-15-20-16(22-26-15)12-5-2-1-3-6-12/h1-3,5-6,8,10H,4,7,9,11H2,(H,21,25)/t19-/m1/s1. The molecule has 3 amide bonds. The molecule has 1 aliphatic heterocycles. The van der Waals surface area contributed by atoms with Crippen LogP contribution in [0.25, 0.3) is 11.4 Å². The van der Waals surface area contributed by atoms with Crippen LogP contribution in [-0.2, 0) is 23.3 Å². The van der Waals surface area contributed by atoms with E-state index in [0.29, 0.717) is 12.2 Å². The minimum atomic E-state index is -0.951. The molecule has 0 bridgehead atoms. The second kappa shape index (κ2) is 6.02. The van der Waals surface area contributed by atoms with Crippen molar-refractivity contribution in [2.45, 2.75) is 31.3 Å². The van der Waals surface area contributed by atoms with Crippen molar-refractivity contribution in [3.63, 3.8) is 0 Å². The lowest BCUT2D eigenvalue weighted by Crippen LogP contribution is -2.46. The third kappa shape index (κ3) is 2.48. The molecule has 136 valence electrons. The van der Waals surface area contributed by atoms with Gasteiger partial charge in [-0.15, -0.1) is 11.3 Å². The summed E-state index contributed by atoms with van der Waals surface area (Å²) in [4.78, 5) is 32.4. The van der Waals surface area contributed by atoms with E-state index in [1.165, 1.54) is 9.78 Å². The third-order valence-electron chi connectivity index (χ3n) is 5.13. The fourth-order valence-electron chi connectivity index (χ4n) is 3.84. The number of amides is 3. The lowest BCUT2D eigenvalue weighted by Gasteiger charge is -2.31. The first-order valence-electron chi connectivity index (χ1n) is 8.76. The van der Waals surface area contributed by atoms with E-state index < -0.39 is 11.6 Å². The van der Waals surface area contributed by atoms with Gasteiger partial charge in [0.1, 0.15) is 12.1 Å². The molecular formula is C19H16N4O3S. The molecule has 3 aromatic rings. The largest absolute Gasteiger partial charge is 0.337 e. The summed E-state index contributed by atoms with van der Waals surface area (Å²) in [7, 11) is 0. The first-order valence-corrected chi connectivity index (χ1v) is 9.64. The highest BCUT2D eigenvalue weighted by atomic mass is 32.1. The molecule has 2 aliphatic rings. The van der Waals surface area contributed by atoms with Gasteiger partial charge in [0.2, 0.25) is 11.7 Å². The number of carbonyl (C=O) groups excluding carboxylic acids is 2.